The van der Waals surface area contributed by atoms with Crippen molar-refractivity contribution < 1.29 is 14.6 Å². The Bertz CT molecular complexity index is 568. The minimum absolute atomic E-state index is 0.113. The molecule has 1 aliphatic carbocycles. The molecular weight excluding hydrogens is 306 g/mol. The molecular formula is C18H31N3O3. The van der Waals surface area contributed by atoms with E-state index >= 15 is 0 Å². The summed E-state index contributed by atoms with van der Waals surface area (Å²) in [6.07, 6.45) is 2.87. The predicted molar refractivity (Wildman–Crippen MR) is 92.6 cm³/mol. The van der Waals surface area contributed by atoms with Gasteiger partial charge in [-0.05, 0) is 53.5 Å². The summed E-state index contributed by atoms with van der Waals surface area (Å²) in [6.45, 7) is 9.48. The van der Waals surface area contributed by atoms with Gasteiger partial charge in [0, 0.05) is 24.3 Å². The highest BCUT2D eigenvalue weighted by molar-refractivity contribution is 5.69. The van der Waals surface area contributed by atoms with Crippen molar-refractivity contribution in [1.29, 1.82) is 0 Å². The molecule has 0 radical (unpaired) electrons. The van der Waals surface area contributed by atoms with E-state index < -0.39 is 0 Å². The molecule has 1 fully saturated rings. The quantitative estimate of drug-likeness (QED) is 0.771. The Labute approximate surface area is 144 Å². The van der Waals surface area contributed by atoms with Gasteiger partial charge in [0.15, 0.2) is 0 Å². The Kier molecular flexibility index (Phi) is 6.40. The van der Waals surface area contributed by atoms with Crippen LogP contribution in [0.5, 0.6) is 0 Å². The summed E-state index contributed by atoms with van der Waals surface area (Å²) in [6, 6.07) is 0. The molecule has 0 bridgehead atoms. The van der Waals surface area contributed by atoms with E-state index in [1.807, 2.05) is 27.7 Å². The average molecular weight is 337 g/mol. The van der Waals surface area contributed by atoms with Gasteiger partial charge in [-0.1, -0.05) is 6.42 Å². The molecule has 1 aromatic heterocycles. The summed E-state index contributed by atoms with van der Waals surface area (Å²) in [5.41, 5.74) is 3.11. The molecule has 136 valence electrons. The third-order valence-electron chi connectivity index (χ3n) is 4.77. The fraction of sp³-hybridized carbons (Fsp3) is 0.778. The molecule has 1 aliphatic rings. The van der Waals surface area contributed by atoms with Gasteiger partial charge in [-0.25, -0.2) is 0 Å². The van der Waals surface area contributed by atoms with Crippen molar-refractivity contribution in [3.05, 3.63) is 17.0 Å². The zero-order chi connectivity index (χ0) is 17.9. The molecule has 0 spiro atoms. The van der Waals surface area contributed by atoms with Crippen LogP contribution in [0, 0.1) is 19.8 Å². The molecule has 0 amide bonds. The lowest BCUT2D eigenvalue weighted by Crippen LogP contribution is -2.29. The number of hydrogen-bond acceptors (Lipinski definition) is 5. The van der Waals surface area contributed by atoms with Crippen molar-refractivity contribution >= 4 is 5.97 Å². The maximum atomic E-state index is 11.9. The van der Waals surface area contributed by atoms with Gasteiger partial charge in [0.1, 0.15) is 6.54 Å². The fourth-order valence-corrected chi connectivity index (χ4v) is 3.50. The maximum absolute atomic E-state index is 11.9. The van der Waals surface area contributed by atoms with Gasteiger partial charge in [-0.15, -0.1) is 0 Å². The van der Waals surface area contributed by atoms with Crippen LogP contribution in [0.25, 0.3) is 0 Å². The molecule has 0 saturated heterocycles. The molecule has 2 rings (SSSR count). The van der Waals surface area contributed by atoms with Gasteiger partial charge in [-0.3, -0.25) is 9.48 Å². The highest BCUT2D eigenvalue weighted by Crippen LogP contribution is 2.26. The van der Waals surface area contributed by atoms with E-state index in [1.165, 1.54) is 0 Å². The van der Waals surface area contributed by atoms with E-state index in [4.69, 9.17) is 4.74 Å². The highest BCUT2D eigenvalue weighted by Gasteiger charge is 2.26. The minimum Gasteiger partial charge on any atom is -0.462 e. The van der Waals surface area contributed by atoms with Crippen LogP contribution in [0.1, 0.15) is 50.1 Å². The second-order valence-corrected chi connectivity index (χ2v) is 7.30. The first-order valence-corrected chi connectivity index (χ1v) is 8.87. The monoisotopic (exact) mass is 337 g/mol. The number of esters is 1. The number of nitrogens with zero attached hydrogens (tertiary/aromatic N) is 3. The van der Waals surface area contributed by atoms with Crippen molar-refractivity contribution in [2.75, 3.05) is 13.6 Å². The number of carbonyl (C=O) groups excluding carboxylic acids is 1. The Hall–Kier alpha value is -1.40. The molecule has 1 aromatic rings. The number of ether oxygens (including phenoxy) is 1. The molecule has 2 atom stereocenters. The largest absolute Gasteiger partial charge is 0.462 e. The molecule has 6 heteroatoms. The third kappa shape index (κ3) is 4.80. The number of aliphatic hydroxyl groups is 1. The molecule has 24 heavy (non-hydrogen) atoms. The second kappa shape index (κ2) is 8.12. The van der Waals surface area contributed by atoms with Gasteiger partial charge in [0.25, 0.3) is 0 Å². The summed E-state index contributed by atoms with van der Waals surface area (Å²) >= 11 is 0. The topological polar surface area (TPSA) is 67.6 Å². The summed E-state index contributed by atoms with van der Waals surface area (Å²) < 4.78 is 6.93. The summed E-state index contributed by atoms with van der Waals surface area (Å²) in [5, 5.41) is 14.5. The summed E-state index contributed by atoms with van der Waals surface area (Å²) in [7, 11) is 2.08. The number of carbonyl (C=O) groups is 1. The summed E-state index contributed by atoms with van der Waals surface area (Å²) in [5.74, 6) is 0.108. The van der Waals surface area contributed by atoms with Gasteiger partial charge in [0.2, 0.25) is 0 Å². The van der Waals surface area contributed by atoms with Crippen LogP contribution in [0.2, 0.25) is 0 Å². The Morgan fingerprint density at radius 3 is 2.71 bits per heavy atom. The van der Waals surface area contributed by atoms with Crippen molar-refractivity contribution in [2.24, 2.45) is 5.92 Å². The number of rotatable bonds is 7. The molecule has 1 saturated carbocycles. The van der Waals surface area contributed by atoms with Crippen LogP contribution in [-0.4, -0.2) is 51.6 Å². The SMILES string of the molecule is Cc1nn(CC(=O)OC(C)C)c(C)c1CN(C)CC1CCCC1O. The number of aliphatic hydroxyl groups excluding tert-OH is 1. The highest BCUT2D eigenvalue weighted by atomic mass is 16.5. The van der Waals surface area contributed by atoms with Crippen LogP contribution in [0.15, 0.2) is 0 Å². The smallest absolute Gasteiger partial charge is 0.328 e. The van der Waals surface area contributed by atoms with Crippen LogP contribution >= 0.6 is 0 Å². The van der Waals surface area contributed by atoms with E-state index in [-0.39, 0.29) is 24.7 Å². The number of aromatic nitrogens is 2. The van der Waals surface area contributed by atoms with E-state index in [0.29, 0.717) is 5.92 Å². The molecule has 0 aromatic carbocycles. The van der Waals surface area contributed by atoms with E-state index in [2.05, 4.69) is 17.0 Å². The fourth-order valence-electron chi connectivity index (χ4n) is 3.50. The molecule has 6 nitrogen and oxygen atoms in total. The van der Waals surface area contributed by atoms with Gasteiger partial charge in [-0.2, -0.15) is 5.10 Å². The maximum Gasteiger partial charge on any atom is 0.328 e. The lowest BCUT2D eigenvalue weighted by molar-refractivity contribution is -0.148. The van der Waals surface area contributed by atoms with Gasteiger partial charge >= 0.3 is 5.97 Å². The first-order valence-electron chi connectivity index (χ1n) is 8.87. The third-order valence-corrected chi connectivity index (χ3v) is 4.77. The van der Waals surface area contributed by atoms with Crippen molar-refractivity contribution in [2.45, 2.75) is 72.3 Å². The zero-order valence-electron chi connectivity index (χ0n) is 15.6. The van der Waals surface area contributed by atoms with Crippen LogP contribution < -0.4 is 0 Å². The van der Waals surface area contributed by atoms with Crippen molar-refractivity contribution in [1.82, 2.24) is 14.7 Å². The number of aryl methyl sites for hydroxylation is 1. The number of hydrogen-bond donors (Lipinski definition) is 1. The lowest BCUT2D eigenvalue weighted by atomic mass is 10.1. The molecule has 1 heterocycles. The Morgan fingerprint density at radius 2 is 2.12 bits per heavy atom. The first kappa shape index (κ1) is 18.9. The summed E-state index contributed by atoms with van der Waals surface area (Å²) in [4.78, 5) is 14.1. The Balaban J connectivity index is 1.98. The van der Waals surface area contributed by atoms with E-state index in [9.17, 15) is 9.90 Å². The van der Waals surface area contributed by atoms with Crippen molar-refractivity contribution in [3.63, 3.8) is 0 Å². The van der Waals surface area contributed by atoms with Crippen LogP contribution in [-0.2, 0) is 22.6 Å². The van der Waals surface area contributed by atoms with Crippen LogP contribution in [0.4, 0.5) is 0 Å². The average Bonchev–Trinajstić information content (AvgIpc) is 2.97. The normalized spacial score (nSPS) is 21.0. The Morgan fingerprint density at radius 1 is 1.42 bits per heavy atom. The van der Waals surface area contributed by atoms with E-state index in [1.54, 1.807) is 4.68 Å². The second-order valence-electron chi connectivity index (χ2n) is 7.30. The first-order chi connectivity index (χ1) is 11.3. The minimum atomic E-state index is -0.260. The van der Waals surface area contributed by atoms with Crippen molar-refractivity contribution in [3.8, 4) is 0 Å². The zero-order valence-corrected chi connectivity index (χ0v) is 15.6. The molecule has 1 N–H and O–H groups in total. The van der Waals surface area contributed by atoms with Gasteiger partial charge in [0.05, 0.1) is 17.9 Å². The van der Waals surface area contributed by atoms with Crippen LogP contribution in [0.3, 0.4) is 0 Å². The van der Waals surface area contributed by atoms with E-state index in [0.717, 1.165) is 49.3 Å². The predicted octanol–water partition coefficient (Wildman–Crippen LogP) is 2.04. The molecule has 0 aliphatic heterocycles. The van der Waals surface area contributed by atoms with Gasteiger partial charge < -0.3 is 14.7 Å². The lowest BCUT2D eigenvalue weighted by Gasteiger charge is -2.23. The standard InChI is InChI=1S/C18H31N3O3/c1-12(2)24-18(23)11-21-14(4)16(13(3)19-21)10-20(5)9-15-7-6-8-17(15)22/h12,15,17,22H,6-11H2,1-5H3. The molecule has 2 unspecified atom stereocenters.